The maximum absolute atomic E-state index is 12.4. The molecule has 0 aliphatic carbocycles. The first kappa shape index (κ1) is 12.5. The lowest BCUT2D eigenvalue weighted by Crippen LogP contribution is -2.07. The maximum Gasteiger partial charge on any atom is 0.417 e. The molecule has 0 aliphatic heterocycles. The number of carbonyl (C=O) groups is 1. The van der Waals surface area contributed by atoms with Crippen LogP contribution in [0, 0.1) is 0 Å². The lowest BCUT2D eigenvalue weighted by molar-refractivity contribution is -0.138. The first-order valence-electron chi connectivity index (χ1n) is 3.81. The molecule has 15 heavy (non-hydrogen) atoms. The Bertz CT molecular complexity index is 415. The summed E-state index contributed by atoms with van der Waals surface area (Å²) < 4.78 is 36.9. The molecule has 0 unspecified atom stereocenters. The van der Waals surface area contributed by atoms with Gasteiger partial charge in [0.2, 0.25) is 0 Å². The highest BCUT2D eigenvalue weighted by Crippen LogP contribution is 2.39. The number of Topliss-reactive ketones (excluding diaryl/α,β-unsaturated/α-hetero) is 1. The van der Waals surface area contributed by atoms with Crippen LogP contribution in [0.25, 0.3) is 0 Å². The number of hydrogen-bond acceptors (Lipinski definition) is 1. The molecule has 1 aromatic rings. The van der Waals surface area contributed by atoms with Gasteiger partial charge in [-0.05, 0) is 35.0 Å². The largest absolute Gasteiger partial charge is 0.417 e. The standard InChI is InChI=1S/C9H5BrClF3O/c1-4(15)5-2-3-6(9(12,13)14)7(10)8(5)11/h2-3H,1H3. The van der Waals surface area contributed by atoms with Gasteiger partial charge in [-0.15, -0.1) is 0 Å². The monoisotopic (exact) mass is 300 g/mol. The summed E-state index contributed by atoms with van der Waals surface area (Å²) in [5, 5.41) is -0.211. The molecule has 0 heterocycles. The summed E-state index contributed by atoms with van der Waals surface area (Å²) in [6.07, 6.45) is -4.49. The van der Waals surface area contributed by atoms with E-state index in [0.29, 0.717) is 0 Å². The van der Waals surface area contributed by atoms with Crippen LogP contribution in [-0.2, 0) is 6.18 Å². The zero-order valence-electron chi connectivity index (χ0n) is 7.45. The Morgan fingerprint density at radius 2 is 1.93 bits per heavy atom. The smallest absolute Gasteiger partial charge is 0.294 e. The van der Waals surface area contributed by atoms with Crippen molar-refractivity contribution in [3.05, 3.63) is 32.8 Å². The Balaban J connectivity index is 3.41. The molecule has 1 nitrogen and oxygen atoms in total. The molecule has 6 heteroatoms. The molecule has 0 saturated heterocycles. The van der Waals surface area contributed by atoms with Crippen molar-refractivity contribution < 1.29 is 18.0 Å². The Hall–Kier alpha value is -0.550. The van der Waals surface area contributed by atoms with Crippen molar-refractivity contribution in [2.24, 2.45) is 0 Å². The summed E-state index contributed by atoms with van der Waals surface area (Å²) in [6, 6.07) is 1.89. The van der Waals surface area contributed by atoms with E-state index >= 15 is 0 Å². The van der Waals surface area contributed by atoms with E-state index in [-0.39, 0.29) is 20.8 Å². The minimum Gasteiger partial charge on any atom is -0.294 e. The summed E-state index contributed by atoms with van der Waals surface area (Å²) in [5.74, 6) is -0.380. The van der Waals surface area contributed by atoms with Gasteiger partial charge in [0, 0.05) is 10.0 Å². The molecule has 0 aromatic heterocycles. The van der Waals surface area contributed by atoms with E-state index in [9.17, 15) is 18.0 Å². The predicted octanol–water partition coefficient (Wildman–Crippen LogP) is 4.32. The molecule has 1 aromatic carbocycles. The van der Waals surface area contributed by atoms with Gasteiger partial charge in [0.1, 0.15) is 0 Å². The van der Waals surface area contributed by atoms with Crippen LogP contribution < -0.4 is 0 Å². The summed E-state index contributed by atoms with van der Waals surface area (Å²) in [7, 11) is 0. The van der Waals surface area contributed by atoms with E-state index in [2.05, 4.69) is 15.9 Å². The van der Waals surface area contributed by atoms with E-state index in [0.717, 1.165) is 12.1 Å². The van der Waals surface area contributed by atoms with Crippen LogP contribution in [-0.4, -0.2) is 5.78 Å². The fourth-order valence-electron chi connectivity index (χ4n) is 1.04. The molecule has 0 N–H and O–H groups in total. The van der Waals surface area contributed by atoms with Crippen LogP contribution in [0.15, 0.2) is 16.6 Å². The van der Waals surface area contributed by atoms with E-state index in [1.165, 1.54) is 6.92 Å². The quantitative estimate of drug-likeness (QED) is 0.706. The molecule has 0 amide bonds. The normalized spacial score (nSPS) is 11.6. The number of ketones is 1. The van der Waals surface area contributed by atoms with Crippen LogP contribution >= 0.6 is 27.5 Å². The first-order valence-corrected chi connectivity index (χ1v) is 4.98. The molecule has 0 bridgehead atoms. The van der Waals surface area contributed by atoms with Gasteiger partial charge in [0.25, 0.3) is 0 Å². The van der Waals surface area contributed by atoms with E-state index in [1.54, 1.807) is 0 Å². The van der Waals surface area contributed by atoms with Crippen molar-refractivity contribution in [3.8, 4) is 0 Å². The second kappa shape index (κ2) is 4.14. The number of benzene rings is 1. The van der Waals surface area contributed by atoms with Crippen molar-refractivity contribution in [2.75, 3.05) is 0 Å². The van der Waals surface area contributed by atoms with Gasteiger partial charge < -0.3 is 0 Å². The van der Waals surface area contributed by atoms with Crippen LogP contribution in [0.4, 0.5) is 13.2 Å². The van der Waals surface area contributed by atoms with Crippen molar-refractivity contribution in [1.29, 1.82) is 0 Å². The van der Waals surface area contributed by atoms with E-state index in [4.69, 9.17) is 11.6 Å². The number of carbonyl (C=O) groups excluding carboxylic acids is 1. The van der Waals surface area contributed by atoms with E-state index in [1.807, 2.05) is 0 Å². The minimum atomic E-state index is -4.49. The van der Waals surface area contributed by atoms with Gasteiger partial charge in [0.05, 0.1) is 10.6 Å². The van der Waals surface area contributed by atoms with Gasteiger partial charge >= 0.3 is 6.18 Å². The third kappa shape index (κ3) is 2.52. The van der Waals surface area contributed by atoms with Crippen LogP contribution in [0.1, 0.15) is 22.8 Å². The second-order valence-corrected chi connectivity index (χ2v) is 4.01. The van der Waals surface area contributed by atoms with Gasteiger partial charge in [-0.3, -0.25) is 4.79 Å². The highest BCUT2D eigenvalue weighted by Gasteiger charge is 2.34. The molecule has 82 valence electrons. The molecule has 0 fully saturated rings. The molecule has 0 spiro atoms. The van der Waals surface area contributed by atoms with Crippen molar-refractivity contribution in [3.63, 3.8) is 0 Å². The predicted molar refractivity (Wildman–Crippen MR) is 54.2 cm³/mol. The second-order valence-electron chi connectivity index (χ2n) is 2.84. The van der Waals surface area contributed by atoms with Gasteiger partial charge in [-0.25, -0.2) is 0 Å². The highest BCUT2D eigenvalue weighted by molar-refractivity contribution is 9.10. The summed E-state index contributed by atoms with van der Waals surface area (Å²) in [5.41, 5.74) is -0.825. The number of rotatable bonds is 1. The SMILES string of the molecule is CC(=O)c1ccc(C(F)(F)F)c(Br)c1Cl. The maximum atomic E-state index is 12.4. The molecule has 0 saturated carbocycles. The van der Waals surface area contributed by atoms with Crippen molar-refractivity contribution >= 4 is 33.3 Å². The Morgan fingerprint density at radius 1 is 1.40 bits per heavy atom. The first-order chi connectivity index (χ1) is 6.75. The fraction of sp³-hybridized carbons (Fsp3) is 0.222. The Labute approximate surface area is 97.4 Å². The highest BCUT2D eigenvalue weighted by atomic mass is 79.9. The molecular weight excluding hydrogens is 296 g/mol. The van der Waals surface area contributed by atoms with Crippen molar-refractivity contribution in [2.45, 2.75) is 13.1 Å². The third-order valence-corrected chi connectivity index (χ3v) is 3.21. The van der Waals surface area contributed by atoms with Gasteiger partial charge in [0.15, 0.2) is 5.78 Å². The Kier molecular flexibility index (Phi) is 3.45. The van der Waals surface area contributed by atoms with Gasteiger partial charge in [-0.1, -0.05) is 11.6 Å². The van der Waals surface area contributed by atoms with Crippen LogP contribution in [0.2, 0.25) is 5.02 Å². The minimum absolute atomic E-state index is 0.0662. The molecule has 0 radical (unpaired) electrons. The molecule has 1 rings (SSSR count). The molecular formula is C9H5BrClF3O. The number of halogens is 5. The van der Waals surface area contributed by atoms with Crippen LogP contribution in [0.5, 0.6) is 0 Å². The summed E-state index contributed by atoms with van der Waals surface area (Å²) in [6.45, 7) is 1.24. The average molecular weight is 301 g/mol. The zero-order chi connectivity index (χ0) is 11.8. The lowest BCUT2D eigenvalue weighted by atomic mass is 10.1. The zero-order valence-corrected chi connectivity index (χ0v) is 9.79. The molecule has 0 aliphatic rings. The van der Waals surface area contributed by atoms with E-state index < -0.39 is 11.7 Å². The topological polar surface area (TPSA) is 17.1 Å². The fourth-order valence-corrected chi connectivity index (χ4v) is 1.91. The number of hydrogen-bond donors (Lipinski definition) is 0. The summed E-state index contributed by atoms with van der Waals surface area (Å²) >= 11 is 8.36. The Morgan fingerprint density at radius 3 is 2.33 bits per heavy atom. The summed E-state index contributed by atoms with van der Waals surface area (Å²) in [4.78, 5) is 11.0. The lowest BCUT2D eigenvalue weighted by Gasteiger charge is -2.11. The third-order valence-electron chi connectivity index (χ3n) is 1.77. The molecule has 0 atom stereocenters. The van der Waals surface area contributed by atoms with Crippen LogP contribution in [0.3, 0.4) is 0 Å². The van der Waals surface area contributed by atoms with Gasteiger partial charge in [-0.2, -0.15) is 13.2 Å². The van der Waals surface area contributed by atoms with Crippen molar-refractivity contribution in [1.82, 2.24) is 0 Å². The average Bonchev–Trinajstić information content (AvgIpc) is 2.06. The number of alkyl halides is 3.